The summed E-state index contributed by atoms with van der Waals surface area (Å²) in [5.41, 5.74) is 1.30. The minimum atomic E-state index is -0.859. The van der Waals surface area contributed by atoms with Crippen LogP contribution < -0.4 is 4.74 Å². The number of aromatic nitrogens is 1. The lowest BCUT2D eigenvalue weighted by Gasteiger charge is -2.14. The molecule has 0 fully saturated rings. The lowest BCUT2D eigenvalue weighted by atomic mass is 10.2. The number of carboxylic acid groups (broad SMARTS) is 1. The quantitative estimate of drug-likeness (QED) is 0.793. The second-order valence-electron chi connectivity index (χ2n) is 5.22. The number of thiazole rings is 1. The lowest BCUT2D eigenvalue weighted by Crippen LogP contribution is -2.28. The van der Waals surface area contributed by atoms with Crippen molar-refractivity contribution in [2.24, 2.45) is 0 Å². The molecule has 6 nitrogen and oxygen atoms in total. The summed E-state index contributed by atoms with van der Waals surface area (Å²) < 4.78 is 5.41. The molecule has 0 aliphatic rings. The average molecular weight is 348 g/mol. The number of benzene rings is 1. The van der Waals surface area contributed by atoms with Crippen molar-refractivity contribution < 1.29 is 19.4 Å². The molecule has 0 atom stereocenters. The van der Waals surface area contributed by atoms with Gasteiger partial charge in [0, 0.05) is 31.0 Å². The first-order valence-corrected chi connectivity index (χ1v) is 8.55. The Labute approximate surface area is 144 Å². The van der Waals surface area contributed by atoms with E-state index in [9.17, 15) is 9.59 Å². The number of carbonyl (C=O) groups is 2. The fourth-order valence-electron chi connectivity index (χ4n) is 2.13. The Kier molecular flexibility index (Phi) is 6.31. The van der Waals surface area contributed by atoms with Crippen LogP contribution in [0, 0.1) is 0 Å². The number of nitrogens with zero attached hydrogens (tertiary/aromatic N) is 2. The van der Waals surface area contributed by atoms with Crippen LogP contribution in [0.5, 0.6) is 5.75 Å². The van der Waals surface area contributed by atoms with Gasteiger partial charge in [0.15, 0.2) is 0 Å². The zero-order valence-electron chi connectivity index (χ0n) is 13.7. The van der Waals surface area contributed by atoms with Crippen molar-refractivity contribution in [3.05, 3.63) is 35.3 Å². The molecule has 0 radical (unpaired) electrons. The molecule has 0 saturated heterocycles. The molecule has 0 aliphatic carbocycles. The first kappa shape index (κ1) is 17.9. The fourth-order valence-corrected chi connectivity index (χ4v) is 2.93. The molecule has 0 unspecified atom stereocenters. The molecule has 1 N–H and O–H groups in total. The van der Waals surface area contributed by atoms with Gasteiger partial charge in [0.25, 0.3) is 5.91 Å². The van der Waals surface area contributed by atoms with Crippen molar-refractivity contribution in [2.75, 3.05) is 20.2 Å². The van der Waals surface area contributed by atoms with Crippen molar-refractivity contribution in [1.29, 1.82) is 0 Å². The van der Waals surface area contributed by atoms with E-state index in [2.05, 4.69) is 4.98 Å². The zero-order valence-corrected chi connectivity index (χ0v) is 14.5. The molecule has 24 heavy (non-hydrogen) atoms. The minimum Gasteiger partial charge on any atom is -0.494 e. The van der Waals surface area contributed by atoms with Crippen LogP contribution in [0.1, 0.15) is 30.3 Å². The van der Waals surface area contributed by atoms with Crippen molar-refractivity contribution in [1.82, 2.24) is 9.88 Å². The highest BCUT2D eigenvalue weighted by Crippen LogP contribution is 2.26. The van der Waals surface area contributed by atoms with Crippen LogP contribution in [-0.4, -0.2) is 47.1 Å². The number of rotatable bonds is 8. The number of hydrogen-bond acceptors (Lipinski definition) is 5. The average Bonchev–Trinajstić information content (AvgIpc) is 3.04. The maximum absolute atomic E-state index is 12.3. The van der Waals surface area contributed by atoms with Crippen molar-refractivity contribution in [3.63, 3.8) is 0 Å². The van der Waals surface area contributed by atoms with Gasteiger partial charge in [0.2, 0.25) is 0 Å². The van der Waals surface area contributed by atoms with Gasteiger partial charge in [-0.1, -0.05) is 0 Å². The van der Waals surface area contributed by atoms with Crippen LogP contribution in [0.25, 0.3) is 10.6 Å². The molecule has 1 heterocycles. The fraction of sp³-hybridized carbons (Fsp3) is 0.353. The standard InChI is InChI=1S/C17H20N2O4S/c1-3-23-13-8-6-12(7-9-13)16-18-14(11-24-16)17(22)19(2)10-4-5-15(20)21/h6-9,11H,3-5,10H2,1-2H3,(H,20,21). The predicted octanol–water partition coefficient (Wildman–Crippen LogP) is 3.15. The topological polar surface area (TPSA) is 79.7 Å². The van der Waals surface area contributed by atoms with Crippen LogP contribution in [-0.2, 0) is 4.79 Å². The van der Waals surface area contributed by atoms with E-state index in [1.54, 1.807) is 12.4 Å². The molecule has 0 bridgehead atoms. The first-order valence-electron chi connectivity index (χ1n) is 7.67. The van der Waals surface area contributed by atoms with E-state index in [-0.39, 0.29) is 12.3 Å². The summed E-state index contributed by atoms with van der Waals surface area (Å²) in [6, 6.07) is 7.57. The highest BCUT2D eigenvalue weighted by atomic mass is 32.1. The van der Waals surface area contributed by atoms with E-state index in [1.807, 2.05) is 31.2 Å². The summed E-state index contributed by atoms with van der Waals surface area (Å²) in [6.07, 6.45) is 0.472. The Hall–Kier alpha value is -2.41. The van der Waals surface area contributed by atoms with E-state index in [1.165, 1.54) is 16.2 Å². The van der Waals surface area contributed by atoms with Gasteiger partial charge in [0.05, 0.1) is 6.61 Å². The number of carbonyl (C=O) groups excluding carboxylic acids is 1. The molecule has 0 aliphatic heterocycles. The van der Waals surface area contributed by atoms with E-state index in [0.717, 1.165) is 16.3 Å². The summed E-state index contributed by atoms with van der Waals surface area (Å²) in [4.78, 5) is 28.7. The van der Waals surface area contributed by atoms with Gasteiger partial charge in [-0.2, -0.15) is 0 Å². The zero-order chi connectivity index (χ0) is 17.5. The van der Waals surface area contributed by atoms with Gasteiger partial charge in [0.1, 0.15) is 16.5 Å². The van der Waals surface area contributed by atoms with Crippen molar-refractivity contribution in [3.8, 4) is 16.3 Å². The lowest BCUT2D eigenvalue weighted by molar-refractivity contribution is -0.137. The maximum atomic E-state index is 12.3. The summed E-state index contributed by atoms with van der Waals surface area (Å²) >= 11 is 1.40. The number of ether oxygens (including phenoxy) is 1. The molecule has 1 aromatic carbocycles. The first-order chi connectivity index (χ1) is 11.5. The van der Waals surface area contributed by atoms with Gasteiger partial charge < -0.3 is 14.7 Å². The monoisotopic (exact) mass is 348 g/mol. The molecule has 0 saturated carbocycles. The Balaban J connectivity index is 2.01. The highest BCUT2D eigenvalue weighted by Gasteiger charge is 2.16. The Morgan fingerprint density at radius 3 is 2.62 bits per heavy atom. The second kappa shape index (κ2) is 8.44. The largest absolute Gasteiger partial charge is 0.494 e. The SMILES string of the molecule is CCOc1ccc(-c2nc(C(=O)N(C)CCCC(=O)O)cs2)cc1. The van der Waals surface area contributed by atoms with Crippen LogP contribution in [0.2, 0.25) is 0 Å². The van der Waals surface area contributed by atoms with Crippen molar-refractivity contribution >= 4 is 23.2 Å². The normalized spacial score (nSPS) is 10.4. The number of aliphatic carboxylic acids is 1. The van der Waals surface area contributed by atoms with Crippen LogP contribution in [0.4, 0.5) is 0 Å². The third-order valence-corrected chi connectivity index (χ3v) is 4.26. The molecule has 1 aromatic heterocycles. The molecule has 2 aromatic rings. The molecule has 0 spiro atoms. The van der Waals surface area contributed by atoms with Gasteiger partial charge in [-0.3, -0.25) is 9.59 Å². The minimum absolute atomic E-state index is 0.0477. The van der Waals surface area contributed by atoms with Gasteiger partial charge >= 0.3 is 5.97 Å². The van der Waals surface area contributed by atoms with E-state index < -0.39 is 5.97 Å². The van der Waals surface area contributed by atoms with Gasteiger partial charge in [-0.25, -0.2) is 4.98 Å². The van der Waals surface area contributed by atoms with Gasteiger partial charge in [-0.15, -0.1) is 11.3 Å². The molecule has 2 rings (SSSR count). The van der Waals surface area contributed by atoms with E-state index in [4.69, 9.17) is 9.84 Å². The third kappa shape index (κ3) is 4.79. The summed E-state index contributed by atoms with van der Waals surface area (Å²) in [7, 11) is 1.65. The number of carboxylic acids is 1. The van der Waals surface area contributed by atoms with Crippen LogP contribution >= 0.6 is 11.3 Å². The Bertz CT molecular complexity index is 697. The summed E-state index contributed by atoms with van der Waals surface area (Å²) in [5, 5.41) is 11.1. The number of amides is 1. The number of hydrogen-bond donors (Lipinski definition) is 1. The molecular weight excluding hydrogens is 328 g/mol. The predicted molar refractivity (Wildman–Crippen MR) is 92.5 cm³/mol. The second-order valence-corrected chi connectivity index (χ2v) is 6.08. The molecule has 128 valence electrons. The van der Waals surface area contributed by atoms with E-state index in [0.29, 0.717) is 25.3 Å². The summed E-state index contributed by atoms with van der Waals surface area (Å²) in [5.74, 6) is -0.261. The highest BCUT2D eigenvalue weighted by molar-refractivity contribution is 7.13. The van der Waals surface area contributed by atoms with Gasteiger partial charge in [-0.05, 0) is 37.6 Å². The van der Waals surface area contributed by atoms with Crippen LogP contribution in [0.3, 0.4) is 0 Å². The summed E-state index contributed by atoms with van der Waals surface area (Å²) in [6.45, 7) is 2.93. The maximum Gasteiger partial charge on any atom is 0.303 e. The van der Waals surface area contributed by atoms with Crippen molar-refractivity contribution in [2.45, 2.75) is 19.8 Å². The Morgan fingerprint density at radius 2 is 2.00 bits per heavy atom. The smallest absolute Gasteiger partial charge is 0.303 e. The third-order valence-electron chi connectivity index (χ3n) is 3.37. The molecule has 1 amide bonds. The Morgan fingerprint density at radius 1 is 1.29 bits per heavy atom. The van der Waals surface area contributed by atoms with Crippen LogP contribution in [0.15, 0.2) is 29.6 Å². The molecule has 7 heteroatoms. The molecular formula is C17H20N2O4S. The van der Waals surface area contributed by atoms with E-state index >= 15 is 0 Å².